The normalized spacial score (nSPS) is 29.4. The summed E-state index contributed by atoms with van der Waals surface area (Å²) < 4.78 is 5.42. The van der Waals surface area contributed by atoms with E-state index < -0.39 is 6.10 Å². The molecule has 176 valence electrons. The average molecular weight is 440 g/mol. The lowest BCUT2D eigenvalue weighted by molar-refractivity contribution is 0.0371. The number of aliphatic hydroxyl groups excluding tert-OH is 2. The molecule has 0 bridgehead atoms. The SMILES string of the molecule is Cc1cccc(C[C@@H](O)/C=C/[C@H]2C(O)C[C@H]3C=C(CCCCCN4CCOCC4)C[C@@H]32)c1. The highest BCUT2D eigenvalue weighted by Gasteiger charge is 2.43. The molecule has 4 nitrogen and oxygen atoms in total. The highest BCUT2D eigenvalue weighted by atomic mass is 16.5. The van der Waals surface area contributed by atoms with Crippen LogP contribution in [0, 0.1) is 24.7 Å². The Kier molecular flexibility index (Phi) is 8.59. The number of unbranched alkanes of at least 4 members (excludes halogenated alkanes) is 2. The molecule has 1 aromatic rings. The van der Waals surface area contributed by atoms with Gasteiger partial charge >= 0.3 is 0 Å². The maximum Gasteiger partial charge on any atom is 0.0761 e. The van der Waals surface area contributed by atoms with Crippen molar-refractivity contribution >= 4 is 0 Å². The molecule has 1 aromatic carbocycles. The third-order valence-electron chi connectivity index (χ3n) is 7.61. The van der Waals surface area contributed by atoms with Crippen molar-refractivity contribution in [2.24, 2.45) is 17.8 Å². The van der Waals surface area contributed by atoms with E-state index in [0.29, 0.717) is 18.3 Å². The molecule has 0 aromatic heterocycles. The van der Waals surface area contributed by atoms with E-state index in [4.69, 9.17) is 4.74 Å². The van der Waals surface area contributed by atoms with E-state index in [9.17, 15) is 10.2 Å². The number of ether oxygens (including phenoxy) is 1. The zero-order valence-corrected chi connectivity index (χ0v) is 19.7. The summed E-state index contributed by atoms with van der Waals surface area (Å²) in [6, 6.07) is 8.32. The minimum absolute atomic E-state index is 0.169. The number of hydrogen-bond donors (Lipinski definition) is 2. The number of fused-ring (bicyclic) bond motifs is 1. The summed E-state index contributed by atoms with van der Waals surface area (Å²) in [6.07, 6.45) is 13.4. The predicted molar refractivity (Wildman–Crippen MR) is 130 cm³/mol. The van der Waals surface area contributed by atoms with Gasteiger partial charge in [0.05, 0.1) is 25.4 Å². The smallest absolute Gasteiger partial charge is 0.0761 e. The van der Waals surface area contributed by atoms with Crippen LogP contribution in [0.5, 0.6) is 0 Å². The Hall–Kier alpha value is -1.46. The second-order valence-corrected chi connectivity index (χ2v) is 10.1. The van der Waals surface area contributed by atoms with Crippen LogP contribution < -0.4 is 0 Å². The van der Waals surface area contributed by atoms with Crippen LogP contribution in [-0.2, 0) is 11.2 Å². The molecule has 2 fully saturated rings. The summed E-state index contributed by atoms with van der Waals surface area (Å²) in [5.74, 6) is 1.19. The zero-order valence-electron chi connectivity index (χ0n) is 19.7. The molecule has 1 saturated carbocycles. The van der Waals surface area contributed by atoms with Crippen LogP contribution in [-0.4, -0.2) is 60.2 Å². The molecule has 32 heavy (non-hydrogen) atoms. The summed E-state index contributed by atoms with van der Waals surface area (Å²) in [5.41, 5.74) is 3.97. The third kappa shape index (κ3) is 6.54. The molecular weight excluding hydrogens is 398 g/mol. The average Bonchev–Trinajstić information content (AvgIpc) is 3.29. The number of aliphatic hydroxyl groups is 2. The van der Waals surface area contributed by atoms with Gasteiger partial charge in [-0.2, -0.15) is 0 Å². The van der Waals surface area contributed by atoms with Crippen LogP contribution >= 0.6 is 0 Å². The topological polar surface area (TPSA) is 52.9 Å². The van der Waals surface area contributed by atoms with E-state index in [1.54, 1.807) is 5.57 Å². The van der Waals surface area contributed by atoms with Gasteiger partial charge in [0, 0.05) is 25.4 Å². The van der Waals surface area contributed by atoms with Gasteiger partial charge in [-0.1, -0.05) is 60.1 Å². The number of rotatable bonds is 10. The Morgan fingerprint density at radius 1 is 1.19 bits per heavy atom. The second kappa shape index (κ2) is 11.6. The van der Waals surface area contributed by atoms with Crippen LogP contribution in [0.1, 0.15) is 49.7 Å². The predicted octanol–water partition coefficient (Wildman–Crippen LogP) is 4.29. The minimum Gasteiger partial charge on any atom is -0.392 e. The second-order valence-electron chi connectivity index (χ2n) is 10.1. The number of nitrogens with zero attached hydrogens (tertiary/aromatic N) is 1. The first-order valence-electron chi connectivity index (χ1n) is 12.7. The third-order valence-corrected chi connectivity index (χ3v) is 7.61. The number of allylic oxidation sites excluding steroid dienone is 2. The summed E-state index contributed by atoms with van der Waals surface area (Å²) in [5, 5.41) is 21.1. The van der Waals surface area contributed by atoms with E-state index in [-0.39, 0.29) is 12.0 Å². The van der Waals surface area contributed by atoms with Crippen molar-refractivity contribution in [2.75, 3.05) is 32.8 Å². The van der Waals surface area contributed by atoms with Crippen molar-refractivity contribution in [3.05, 3.63) is 59.2 Å². The van der Waals surface area contributed by atoms with Gasteiger partial charge in [0.2, 0.25) is 0 Å². The molecule has 5 atom stereocenters. The van der Waals surface area contributed by atoms with Crippen LogP contribution in [0.2, 0.25) is 0 Å². The fourth-order valence-electron chi connectivity index (χ4n) is 5.88. The molecule has 0 spiro atoms. The lowest BCUT2D eigenvalue weighted by Crippen LogP contribution is -2.36. The first-order chi connectivity index (χ1) is 15.6. The minimum atomic E-state index is -0.497. The van der Waals surface area contributed by atoms with E-state index in [2.05, 4.69) is 42.2 Å². The first-order valence-corrected chi connectivity index (χ1v) is 12.7. The zero-order chi connectivity index (χ0) is 22.3. The summed E-state index contributed by atoms with van der Waals surface area (Å²) in [7, 11) is 0. The Balaban J connectivity index is 1.19. The molecule has 3 aliphatic rings. The summed E-state index contributed by atoms with van der Waals surface area (Å²) in [6.45, 7) is 7.24. The van der Waals surface area contributed by atoms with E-state index in [1.165, 1.54) is 37.8 Å². The van der Waals surface area contributed by atoms with Gasteiger partial charge < -0.3 is 14.9 Å². The quantitative estimate of drug-likeness (QED) is 0.422. The van der Waals surface area contributed by atoms with Crippen molar-refractivity contribution < 1.29 is 14.9 Å². The fraction of sp³-hybridized carbons (Fsp3) is 0.643. The Morgan fingerprint density at radius 3 is 2.84 bits per heavy atom. The molecule has 2 aliphatic carbocycles. The number of hydrogen-bond acceptors (Lipinski definition) is 4. The Labute approximate surface area is 194 Å². The van der Waals surface area contributed by atoms with Crippen LogP contribution in [0.3, 0.4) is 0 Å². The summed E-state index contributed by atoms with van der Waals surface area (Å²) >= 11 is 0. The van der Waals surface area contributed by atoms with Crippen molar-refractivity contribution in [3.8, 4) is 0 Å². The molecule has 4 heteroatoms. The fourth-order valence-corrected chi connectivity index (χ4v) is 5.88. The molecule has 0 radical (unpaired) electrons. The Bertz CT molecular complexity index is 783. The van der Waals surface area contributed by atoms with Gasteiger partial charge in [-0.3, -0.25) is 4.90 Å². The molecule has 1 unspecified atom stereocenters. The van der Waals surface area contributed by atoms with Crippen LogP contribution in [0.15, 0.2) is 48.1 Å². The lowest BCUT2D eigenvalue weighted by atomic mass is 9.88. The van der Waals surface area contributed by atoms with E-state index in [1.807, 2.05) is 12.1 Å². The standard InChI is InChI=1S/C28H41NO3/c1-21-6-5-8-22(16-21)18-25(30)9-10-26-27-19-23(17-24(27)20-28(26)31)7-3-2-4-11-29-12-14-32-15-13-29/h5-6,8-10,16-17,24-28,30-31H,2-4,7,11-15,18-20H2,1H3/b10-9+/t24-,25+,26-,27+,28?/m1/s1. The van der Waals surface area contributed by atoms with Crippen molar-refractivity contribution in [1.29, 1.82) is 0 Å². The maximum absolute atomic E-state index is 10.6. The van der Waals surface area contributed by atoms with E-state index in [0.717, 1.165) is 44.7 Å². The summed E-state index contributed by atoms with van der Waals surface area (Å²) in [4.78, 5) is 2.52. The maximum atomic E-state index is 10.6. The highest BCUT2D eigenvalue weighted by molar-refractivity contribution is 5.24. The molecular formula is C28H41NO3. The highest BCUT2D eigenvalue weighted by Crippen LogP contribution is 2.48. The lowest BCUT2D eigenvalue weighted by Gasteiger charge is -2.26. The largest absolute Gasteiger partial charge is 0.392 e. The van der Waals surface area contributed by atoms with Crippen molar-refractivity contribution in [1.82, 2.24) is 4.90 Å². The van der Waals surface area contributed by atoms with Gasteiger partial charge in [0.15, 0.2) is 0 Å². The van der Waals surface area contributed by atoms with Gasteiger partial charge in [0.25, 0.3) is 0 Å². The molecule has 4 rings (SSSR count). The van der Waals surface area contributed by atoms with Crippen LogP contribution in [0.25, 0.3) is 0 Å². The monoisotopic (exact) mass is 439 g/mol. The molecule has 1 aliphatic heterocycles. The van der Waals surface area contributed by atoms with E-state index >= 15 is 0 Å². The van der Waals surface area contributed by atoms with Crippen LogP contribution in [0.4, 0.5) is 0 Å². The van der Waals surface area contributed by atoms with Crippen molar-refractivity contribution in [3.63, 3.8) is 0 Å². The van der Waals surface area contributed by atoms with Gasteiger partial charge in [-0.15, -0.1) is 0 Å². The molecule has 2 N–H and O–H groups in total. The molecule has 1 heterocycles. The molecule has 0 amide bonds. The number of benzene rings is 1. The molecule has 1 saturated heterocycles. The first kappa shape index (κ1) is 23.7. The number of aryl methyl sites for hydroxylation is 1. The van der Waals surface area contributed by atoms with Gasteiger partial charge in [-0.25, -0.2) is 0 Å². The Morgan fingerprint density at radius 2 is 2.03 bits per heavy atom. The van der Waals surface area contributed by atoms with Crippen molar-refractivity contribution in [2.45, 2.75) is 64.1 Å². The van der Waals surface area contributed by atoms with Gasteiger partial charge in [0.1, 0.15) is 0 Å². The number of morpholine rings is 1. The van der Waals surface area contributed by atoms with Gasteiger partial charge in [-0.05, 0) is 63.0 Å².